The maximum atomic E-state index is 11.0. The molecular weight excluding hydrogens is 272 g/mol. The molecule has 1 saturated carbocycles. The molecule has 1 aromatic rings. The molecule has 0 spiro atoms. The smallest absolute Gasteiger partial charge is 0.407 e. The van der Waals surface area contributed by atoms with Crippen molar-refractivity contribution in [3.05, 3.63) is 23.8 Å². The lowest BCUT2D eigenvalue weighted by molar-refractivity contribution is 0.104. The van der Waals surface area contributed by atoms with E-state index in [1.807, 2.05) is 18.2 Å². The van der Waals surface area contributed by atoms with Gasteiger partial charge in [0.25, 0.3) is 0 Å². The summed E-state index contributed by atoms with van der Waals surface area (Å²) in [5.74, 6) is 1.61. The van der Waals surface area contributed by atoms with Crippen molar-refractivity contribution in [1.29, 1.82) is 0 Å². The Balaban J connectivity index is 1.62. The van der Waals surface area contributed by atoms with Crippen LogP contribution in [0.4, 0.5) is 4.79 Å². The van der Waals surface area contributed by atoms with Crippen LogP contribution in [0.15, 0.2) is 18.2 Å². The zero-order valence-corrected chi connectivity index (χ0v) is 12.1. The van der Waals surface area contributed by atoms with Crippen molar-refractivity contribution in [2.75, 3.05) is 20.3 Å². The Morgan fingerprint density at radius 3 is 2.95 bits per heavy atom. The fraction of sp³-hybridized carbons (Fsp3) is 0.533. The van der Waals surface area contributed by atoms with Crippen molar-refractivity contribution < 1.29 is 19.0 Å². The number of benzene rings is 1. The maximum absolute atomic E-state index is 11.0. The van der Waals surface area contributed by atoms with Gasteiger partial charge in [-0.3, -0.25) is 0 Å². The van der Waals surface area contributed by atoms with E-state index in [0.717, 1.165) is 23.6 Å². The Morgan fingerprint density at radius 2 is 2.29 bits per heavy atom. The molecule has 1 aliphatic carbocycles. The number of rotatable bonds is 7. The van der Waals surface area contributed by atoms with Gasteiger partial charge in [-0.15, -0.1) is 0 Å². The van der Waals surface area contributed by atoms with E-state index in [4.69, 9.17) is 14.2 Å². The molecule has 2 aliphatic rings. The number of carbonyl (C=O) groups excluding carboxylic acids is 1. The van der Waals surface area contributed by atoms with E-state index in [-0.39, 0.29) is 12.2 Å². The van der Waals surface area contributed by atoms with Crippen LogP contribution in [0, 0.1) is 0 Å². The summed E-state index contributed by atoms with van der Waals surface area (Å²) >= 11 is 0. The third-order valence-electron chi connectivity index (χ3n) is 3.60. The summed E-state index contributed by atoms with van der Waals surface area (Å²) in [4.78, 5) is 11.0. The Hall–Kier alpha value is -1.95. The van der Waals surface area contributed by atoms with E-state index in [9.17, 15) is 4.79 Å². The molecule has 1 saturated heterocycles. The molecule has 21 heavy (non-hydrogen) atoms. The molecule has 0 aromatic heterocycles. The Bertz CT molecular complexity index is 516. The highest BCUT2D eigenvalue weighted by molar-refractivity contribution is 5.69. The summed E-state index contributed by atoms with van der Waals surface area (Å²) in [5.41, 5.74) is 1.05. The highest BCUT2D eigenvalue weighted by Crippen LogP contribution is 2.26. The zero-order valence-electron chi connectivity index (χ0n) is 12.1. The van der Waals surface area contributed by atoms with E-state index in [2.05, 4.69) is 10.6 Å². The molecule has 114 valence electrons. The lowest BCUT2D eigenvalue weighted by Crippen LogP contribution is -2.23. The molecule has 1 heterocycles. The molecule has 6 heteroatoms. The molecule has 0 radical (unpaired) electrons. The third kappa shape index (κ3) is 3.78. The van der Waals surface area contributed by atoms with Gasteiger partial charge in [-0.2, -0.15) is 0 Å². The van der Waals surface area contributed by atoms with Gasteiger partial charge in [0, 0.05) is 18.2 Å². The van der Waals surface area contributed by atoms with Crippen LogP contribution in [0.5, 0.6) is 11.5 Å². The van der Waals surface area contributed by atoms with Gasteiger partial charge in [0.15, 0.2) is 6.10 Å². The summed E-state index contributed by atoms with van der Waals surface area (Å²) in [6, 6.07) is 6.37. The molecule has 1 aliphatic heterocycles. The van der Waals surface area contributed by atoms with Gasteiger partial charge in [-0.05, 0) is 31.0 Å². The highest BCUT2D eigenvalue weighted by atomic mass is 16.6. The first kappa shape index (κ1) is 14.0. The molecule has 3 rings (SSSR count). The molecule has 2 N–H and O–H groups in total. The van der Waals surface area contributed by atoms with E-state index < -0.39 is 0 Å². The summed E-state index contributed by atoms with van der Waals surface area (Å²) in [5, 5.41) is 6.08. The first-order valence-corrected chi connectivity index (χ1v) is 7.22. The first-order chi connectivity index (χ1) is 10.2. The number of carbonyl (C=O) groups is 1. The van der Waals surface area contributed by atoms with E-state index in [1.54, 1.807) is 7.11 Å². The van der Waals surface area contributed by atoms with Gasteiger partial charge >= 0.3 is 6.09 Å². The van der Waals surface area contributed by atoms with Crippen LogP contribution in [0.1, 0.15) is 18.4 Å². The van der Waals surface area contributed by atoms with Gasteiger partial charge in [-0.1, -0.05) is 0 Å². The largest absolute Gasteiger partial charge is 0.497 e. The number of cyclic esters (lactones) is 1. The van der Waals surface area contributed by atoms with Crippen LogP contribution < -0.4 is 20.1 Å². The number of hydrogen-bond acceptors (Lipinski definition) is 5. The first-order valence-electron chi connectivity index (χ1n) is 7.22. The fourth-order valence-corrected chi connectivity index (χ4v) is 2.21. The monoisotopic (exact) mass is 292 g/mol. The van der Waals surface area contributed by atoms with Crippen molar-refractivity contribution in [2.45, 2.75) is 31.5 Å². The minimum Gasteiger partial charge on any atom is -0.497 e. The second-order valence-electron chi connectivity index (χ2n) is 5.35. The topological polar surface area (TPSA) is 68.8 Å². The molecule has 1 unspecified atom stereocenters. The lowest BCUT2D eigenvalue weighted by atomic mass is 10.2. The Kier molecular flexibility index (Phi) is 4.15. The number of methoxy groups -OCH3 is 1. The Morgan fingerprint density at radius 1 is 1.43 bits per heavy atom. The second kappa shape index (κ2) is 6.22. The number of hydrogen-bond donors (Lipinski definition) is 2. The zero-order chi connectivity index (χ0) is 14.7. The normalized spacial score (nSPS) is 20.8. The number of amides is 1. The number of alkyl carbamates (subject to hydrolysis) is 1. The van der Waals surface area contributed by atoms with E-state index >= 15 is 0 Å². The van der Waals surface area contributed by atoms with Crippen molar-refractivity contribution >= 4 is 6.09 Å². The van der Waals surface area contributed by atoms with Crippen molar-refractivity contribution in [2.24, 2.45) is 0 Å². The standard InChI is InChI=1S/C15H20N2O4/c1-19-12-4-5-14(10(6-12)7-16-11-2-3-11)20-9-13-8-17-15(18)21-13/h4-6,11,13,16H,2-3,7-9H2,1H3,(H,17,18). The van der Waals surface area contributed by atoms with Gasteiger partial charge < -0.3 is 24.8 Å². The molecule has 0 bridgehead atoms. The van der Waals surface area contributed by atoms with Crippen molar-refractivity contribution in [3.63, 3.8) is 0 Å². The molecule has 1 amide bonds. The van der Waals surface area contributed by atoms with Gasteiger partial charge in [0.05, 0.1) is 13.7 Å². The molecule has 6 nitrogen and oxygen atoms in total. The quantitative estimate of drug-likeness (QED) is 0.796. The molecular formula is C15H20N2O4. The van der Waals surface area contributed by atoms with Gasteiger partial charge in [0.1, 0.15) is 18.1 Å². The third-order valence-corrected chi connectivity index (χ3v) is 3.60. The van der Waals surface area contributed by atoms with Gasteiger partial charge in [-0.25, -0.2) is 4.79 Å². The molecule has 1 atom stereocenters. The van der Waals surface area contributed by atoms with Gasteiger partial charge in [0.2, 0.25) is 0 Å². The summed E-state index contributed by atoms with van der Waals surface area (Å²) < 4.78 is 16.1. The van der Waals surface area contributed by atoms with Crippen LogP contribution in [0.25, 0.3) is 0 Å². The number of ether oxygens (including phenoxy) is 3. The van der Waals surface area contributed by atoms with E-state index in [0.29, 0.717) is 19.2 Å². The predicted octanol–water partition coefficient (Wildman–Crippen LogP) is 1.43. The van der Waals surface area contributed by atoms with Crippen LogP contribution in [0.3, 0.4) is 0 Å². The van der Waals surface area contributed by atoms with Crippen molar-refractivity contribution in [3.8, 4) is 11.5 Å². The van der Waals surface area contributed by atoms with Crippen molar-refractivity contribution in [1.82, 2.24) is 10.6 Å². The number of nitrogens with one attached hydrogen (secondary N) is 2. The average molecular weight is 292 g/mol. The second-order valence-corrected chi connectivity index (χ2v) is 5.35. The molecule has 1 aromatic carbocycles. The minimum absolute atomic E-state index is 0.233. The predicted molar refractivity (Wildman–Crippen MR) is 76.6 cm³/mol. The lowest BCUT2D eigenvalue weighted by Gasteiger charge is -2.15. The average Bonchev–Trinajstić information content (AvgIpc) is 3.24. The molecule has 2 fully saturated rings. The SMILES string of the molecule is COc1ccc(OCC2CNC(=O)O2)c(CNC2CC2)c1. The van der Waals surface area contributed by atoms with Crippen LogP contribution in [0.2, 0.25) is 0 Å². The van der Waals surface area contributed by atoms with Crippen LogP contribution in [-0.2, 0) is 11.3 Å². The summed E-state index contributed by atoms with van der Waals surface area (Å²) in [6.45, 7) is 1.59. The Labute approximate surface area is 123 Å². The summed E-state index contributed by atoms with van der Waals surface area (Å²) in [7, 11) is 1.65. The summed E-state index contributed by atoms with van der Waals surface area (Å²) in [6.07, 6.45) is 1.87. The fourth-order valence-electron chi connectivity index (χ4n) is 2.21. The van der Waals surface area contributed by atoms with Crippen LogP contribution in [-0.4, -0.2) is 38.5 Å². The maximum Gasteiger partial charge on any atom is 0.407 e. The van der Waals surface area contributed by atoms with E-state index in [1.165, 1.54) is 12.8 Å². The van der Waals surface area contributed by atoms with Crippen LogP contribution >= 0.6 is 0 Å². The highest BCUT2D eigenvalue weighted by Gasteiger charge is 2.24. The minimum atomic E-state index is -0.381.